The average Bonchev–Trinajstić information content (AvgIpc) is 2.82. The SMILES string of the molecule is N[C@@H]1CC(c2cccs2)Oc2ccccc21. The monoisotopic (exact) mass is 231 g/mol. The third kappa shape index (κ3) is 1.62. The molecule has 0 radical (unpaired) electrons. The van der Waals surface area contributed by atoms with Crippen molar-refractivity contribution in [2.75, 3.05) is 0 Å². The van der Waals surface area contributed by atoms with Crippen molar-refractivity contribution >= 4 is 11.3 Å². The van der Waals surface area contributed by atoms with Gasteiger partial charge in [0.2, 0.25) is 0 Å². The molecule has 2 aromatic rings. The first-order chi connectivity index (χ1) is 7.84. The van der Waals surface area contributed by atoms with Crippen LogP contribution in [0.1, 0.15) is 29.0 Å². The molecule has 1 aromatic heterocycles. The highest BCUT2D eigenvalue weighted by Crippen LogP contribution is 2.40. The Balaban J connectivity index is 1.95. The van der Waals surface area contributed by atoms with Crippen LogP contribution < -0.4 is 10.5 Å². The molecule has 0 saturated heterocycles. The Labute approximate surface area is 98.7 Å². The molecule has 3 rings (SSSR count). The van der Waals surface area contributed by atoms with Crippen LogP contribution in [-0.4, -0.2) is 0 Å². The second-order valence-corrected chi connectivity index (χ2v) is 4.98. The van der Waals surface area contributed by atoms with Gasteiger partial charge in [-0.3, -0.25) is 0 Å². The standard InChI is InChI=1S/C13H13NOS/c14-10-8-12(13-6-3-7-16-13)15-11-5-2-1-4-9(10)11/h1-7,10,12H,8,14H2/t10-,12?/m1/s1. The Bertz CT molecular complexity index is 480. The van der Waals surface area contributed by atoms with Crippen molar-refractivity contribution in [3.63, 3.8) is 0 Å². The van der Waals surface area contributed by atoms with Gasteiger partial charge in [0.25, 0.3) is 0 Å². The first kappa shape index (κ1) is 9.87. The lowest BCUT2D eigenvalue weighted by atomic mass is 9.97. The van der Waals surface area contributed by atoms with E-state index >= 15 is 0 Å². The van der Waals surface area contributed by atoms with Gasteiger partial charge in [-0.2, -0.15) is 0 Å². The van der Waals surface area contributed by atoms with Gasteiger partial charge in [0.05, 0.1) is 0 Å². The molecule has 1 aliphatic rings. The van der Waals surface area contributed by atoms with Crippen molar-refractivity contribution in [2.24, 2.45) is 5.73 Å². The molecular formula is C13H13NOS. The molecule has 3 heteroatoms. The number of nitrogens with two attached hydrogens (primary N) is 1. The molecule has 0 fully saturated rings. The fourth-order valence-corrected chi connectivity index (χ4v) is 2.87. The normalized spacial score (nSPS) is 23.6. The summed E-state index contributed by atoms with van der Waals surface area (Å²) in [5.74, 6) is 0.930. The third-order valence-corrected chi connectivity index (χ3v) is 3.88. The zero-order valence-electron chi connectivity index (χ0n) is 8.80. The maximum atomic E-state index is 6.17. The van der Waals surface area contributed by atoms with Gasteiger partial charge in [-0.1, -0.05) is 24.3 Å². The number of hydrogen-bond acceptors (Lipinski definition) is 3. The molecule has 1 aliphatic heterocycles. The zero-order valence-corrected chi connectivity index (χ0v) is 9.61. The van der Waals surface area contributed by atoms with Gasteiger partial charge >= 0.3 is 0 Å². The average molecular weight is 231 g/mol. The van der Waals surface area contributed by atoms with Crippen molar-refractivity contribution in [3.8, 4) is 5.75 Å². The van der Waals surface area contributed by atoms with E-state index in [4.69, 9.17) is 10.5 Å². The maximum absolute atomic E-state index is 6.17. The number of para-hydroxylation sites is 1. The third-order valence-electron chi connectivity index (χ3n) is 2.92. The van der Waals surface area contributed by atoms with Gasteiger partial charge in [-0.15, -0.1) is 11.3 Å². The predicted octanol–water partition coefficient (Wildman–Crippen LogP) is 3.27. The molecule has 2 N–H and O–H groups in total. The van der Waals surface area contributed by atoms with Crippen LogP contribution in [0.25, 0.3) is 0 Å². The summed E-state index contributed by atoms with van der Waals surface area (Å²) < 4.78 is 5.98. The summed E-state index contributed by atoms with van der Waals surface area (Å²) >= 11 is 1.73. The number of hydrogen-bond donors (Lipinski definition) is 1. The molecule has 82 valence electrons. The number of ether oxygens (including phenoxy) is 1. The van der Waals surface area contributed by atoms with E-state index in [0.717, 1.165) is 17.7 Å². The van der Waals surface area contributed by atoms with Crippen LogP contribution >= 0.6 is 11.3 Å². The van der Waals surface area contributed by atoms with E-state index < -0.39 is 0 Å². The fourth-order valence-electron chi connectivity index (χ4n) is 2.10. The second-order valence-electron chi connectivity index (χ2n) is 4.00. The van der Waals surface area contributed by atoms with Crippen LogP contribution in [0, 0.1) is 0 Å². The molecule has 2 nitrogen and oxygen atoms in total. The van der Waals surface area contributed by atoms with E-state index in [0.29, 0.717) is 0 Å². The summed E-state index contributed by atoms with van der Waals surface area (Å²) in [4.78, 5) is 1.25. The van der Waals surface area contributed by atoms with E-state index in [1.54, 1.807) is 11.3 Å². The predicted molar refractivity (Wildman–Crippen MR) is 65.7 cm³/mol. The Kier molecular flexibility index (Phi) is 2.42. The Morgan fingerprint density at radius 3 is 2.88 bits per heavy atom. The maximum Gasteiger partial charge on any atom is 0.135 e. The van der Waals surface area contributed by atoms with Crippen molar-refractivity contribution in [3.05, 3.63) is 52.2 Å². The van der Waals surface area contributed by atoms with Crippen molar-refractivity contribution in [1.29, 1.82) is 0 Å². The molecule has 0 spiro atoms. The van der Waals surface area contributed by atoms with Crippen LogP contribution in [0.4, 0.5) is 0 Å². The topological polar surface area (TPSA) is 35.2 Å². The van der Waals surface area contributed by atoms with Crippen LogP contribution in [0.2, 0.25) is 0 Å². The van der Waals surface area contributed by atoms with Crippen molar-refractivity contribution < 1.29 is 4.74 Å². The number of thiophene rings is 1. The smallest absolute Gasteiger partial charge is 0.135 e. The minimum Gasteiger partial charge on any atom is -0.484 e. The summed E-state index contributed by atoms with van der Waals surface area (Å²) in [6.45, 7) is 0. The molecule has 1 unspecified atom stereocenters. The van der Waals surface area contributed by atoms with Gasteiger partial charge in [0, 0.05) is 22.9 Å². The van der Waals surface area contributed by atoms with Gasteiger partial charge < -0.3 is 10.5 Å². The molecule has 16 heavy (non-hydrogen) atoms. The van der Waals surface area contributed by atoms with Gasteiger partial charge in [-0.25, -0.2) is 0 Å². The second kappa shape index (κ2) is 3.92. The number of fused-ring (bicyclic) bond motifs is 1. The summed E-state index contributed by atoms with van der Waals surface area (Å²) in [6, 6.07) is 12.3. The molecule has 0 amide bonds. The van der Waals surface area contributed by atoms with Crippen molar-refractivity contribution in [1.82, 2.24) is 0 Å². The number of benzene rings is 1. The Hall–Kier alpha value is -1.32. The van der Waals surface area contributed by atoms with Crippen LogP contribution in [0.3, 0.4) is 0 Å². The molecule has 0 aliphatic carbocycles. The Morgan fingerprint density at radius 2 is 2.06 bits per heavy atom. The van der Waals surface area contributed by atoms with E-state index in [9.17, 15) is 0 Å². The summed E-state index contributed by atoms with van der Waals surface area (Å²) in [7, 11) is 0. The molecule has 0 saturated carbocycles. The summed E-state index contributed by atoms with van der Waals surface area (Å²) in [6.07, 6.45) is 0.974. The lowest BCUT2D eigenvalue weighted by Crippen LogP contribution is -2.23. The fraction of sp³-hybridized carbons (Fsp3) is 0.231. The van der Waals surface area contributed by atoms with E-state index in [1.165, 1.54) is 4.88 Å². The first-order valence-electron chi connectivity index (χ1n) is 5.39. The van der Waals surface area contributed by atoms with E-state index in [-0.39, 0.29) is 12.1 Å². The van der Waals surface area contributed by atoms with Crippen molar-refractivity contribution in [2.45, 2.75) is 18.6 Å². The highest BCUT2D eigenvalue weighted by Gasteiger charge is 2.26. The van der Waals surface area contributed by atoms with Crippen LogP contribution in [0.5, 0.6) is 5.75 Å². The molecular weight excluding hydrogens is 218 g/mol. The highest BCUT2D eigenvalue weighted by atomic mass is 32.1. The molecule has 2 heterocycles. The van der Waals surface area contributed by atoms with Crippen LogP contribution in [-0.2, 0) is 0 Å². The van der Waals surface area contributed by atoms with Crippen LogP contribution in [0.15, 0.2) is 41.8 Å². The van der Waals surface area contributed by atoms with E-state index in [1.807, 2.05) is 24.3 Å². The lowest BCUT2D eigenvalue weighted by Gasteiger charge is -2.29. The van der Waals surface area contributed by atoms with Gasteiger partial charge in [-0.05, 0) is 17.5 Å². The quantitative estimate of drug-likeness (QED) is 0.817. The lowest BCUT2D eigenvalue weighted by molar-refractivity contribution is 0.165. The Morgan fingerprint density at radius 1 is 1.19 bits per heavy atom. The summed E-state index contributed by atoms with van der Waals surface area (Å²) in [5, 5.41) is 2.07. The molecule has 1 aromatic carbocycles. The van der Waals surface area contributed by atoms with E-state index in [2.05, 4.69) is 17.5 Å². The first-order valence-corrected chi connectivity index (χ1v) is 6.27. The van der Waals surface area contributed by atoms with Gasteiger partial charge in [0.1, 0.15) is 11.9 Å². The van der Waals surface area contributed by atoms with Gasteiger partial charge in [0.15, 0.2) is 0 Å². The minimum absolute atomic E-state index is 0.0806. The number of rotatable bonds is 1. The molecule has 2 atom stereocenters. The highest BCUT2D eigenvalue weighted by molar-refractivity contribution is 7.10. The molecule has 0 bridgehead atoms. The largest absolute Gasteiger partial charge is 0.484 e. The summed E-state index contributed by atoms with van der Waals surface area (Å²) in [5.41, 5.74) is 7.29. The minimum atomic E-state index is 0.0806. The zero-order chi connectivity index (χ0) is 11.0.